The average Bonchev–Trinajstić information content (AvgIpc) is 2.75. The fourth-order valence-electron chi connectivity index (χ4n) is 2.72. The third-order valence-electron chi connectivity index (χ3n) is 3.74. The first-order valence-corrected chi connectivity index (χ1v) is 7.62. The van der Waals surface area contributed by atoms with Crippen molar-refractivity contribution in [2.75, 3.05) is 13.1 Å². The molecule has 2 aromatic rings. The first-order valence-electron chi connectivity index (χ1n) is 6.83. The molecular formula is C15H18BrN3. The van der Waals surface area contributed by atoms with Crippen LogP contribution in [-0.4, -0.2) is 22.6 Å². The van der Waals surface area contributed by atoms with Gasteiger partial charge < -0.3 is 9.88 Å². The summed E-state index contributed by atoms with van der Waals surface area (Å²) in [4.78, 5) is 4.36. The van der Waals surface area contributed by atoms with Crippen molar-refractivity contribution in [2.45, 2.75) is 25.3 Å². The number of hydrogen-bond acceptors (Lipinski definition) is 2. The Labute approximate surface area is 122 Å². The van der Waals surface area contributed by atoms with Crippen molar-refractivity contribution in [2.24, 2.45) is 0 Å². The number of nitrogens with zero attached hydrogens (tertiary/aromatic N) is 2. The van der Waals surface area contributed by atoms with Crippen molar-refractivity contribution >= 4 is 15.9 Å². The van der Waals surface area contributed by atoms with E-state index in [2.05, 4.69) is 55.1 Å². The molecule has 3 nitrogen and oxygen atoms in total. The fourth-order valence-corrected chi connectivity index (χ4v) is 2.98. The summed E-state index contributed by atoms with van der Waals surface area (Å²) in [7, 11) is 0. The standard InChI is InChI=1S/C15H18BrN3/c16-13-5-3-12(4-6-13)15-10-18-11-19(15)14-2-1-8-17-9-7-14/h3-6,10-11,14,17H,1-2,7-9H2. The van der Waals surface area contributed by atoms with Crippen LogP contribution >= 0.6 is 15.9 Å². The number of nitrogens with one attached hydrogen (secondary N) is 1. The third kappa shape index (κ3) is 2.90. The molecule has 0 spiro atoms. The van der Waals surface area contributed by atoms with Gasteiger partial charge >= 0.3 is 0 Å². The van der Waals surface area contributed by atoms with Gasteiger partial charge in [0.15, 0.2) is 0 Å². The van der Waals surface area contributed by atoms with Gasteiger partial charge in [0.25, 0.3) is 0 Å². The van der Waals surface area contributed by atoms with E-state index in [9.17, 15) is 0 Å². The number of rotatable bonds is 2. The summed E-state index contributed by atoms with van der Waals surface area (Å²) in [6.45, 7) is 2.24. The molecule has 1 saturated heterocycles. The molecule has 1 N–H and O–H groups in total. The SMILES string of the molecule is Brc1ccc(-c2cncn2C2CCCNCC2)cc1. The van der Waals surface area contributed by atoms with Crippen LogP contribution in [0.15, 0.2) is 41.3 Å². The van der Waals surface area contributed by atoms with Gasteiger partial charge in [-0.1, -0.05) is 28.1 Å². The molecule has 0 radical (unpaired) electrons. The van der Waals surface area contributed by atoms with Crippen LogP contribution in [-0.2, 0) is 0 Å². The highest BCUT2D eigenvalue weighted by atomic mass is 79.9. The van der Waals surface area contributed by atoms with Gasteiger partial charge in [0.05, 0.1) is 18.2 Å². The highest BCUT2D eigenvalue weighted by Gasteiger charge is 2.16. The van der Waals surface area contributed by atoms with Crippen LogP contribution in [0.4, 0.5) is 0 Å². The summed E-state index contributed by atoms with van der Waals surface area (Å²) in [6.07, 6.45) is 7.60. The lowest BCUT2D eigenvalue weighted by molar-refractivity contribution is 0.457. The van der Waals surface area contributed by atoms with E-state index in [1.165, 1.54) is 30.5 Å². The van der Waals surface area contributed by atoms with E-state index in [1.807, 2.05) is 12.5 Å². The van der Waals surface area contributed by atoms with Gasteiger partial charge in [-0.05, 0) is 50.0 Å². The van der Waals surface area contributed by atoms with Crippen LogP contribution in [0.25, 0.3) is 11.3 Å². The predicted molar refractivity (Wildman–Crippen MR) is 81.1 cm³/mol. The summed E-state index contributed by atoms with van der Waals surface area (Å²) < 4.78 is 3.46. The van der Waals surface area contributed by atoms with Crippen LogP contribution in [0.5, 0.6) is 0 Å². The number of imidazole rings is 1. The molecule has 1 aromatic carbocycles. The molecule has 0 bridgehead atoms. The zero-order valence-corrected chi connectivity index (χ0v) is 12.4. The number of halogens is 1. The zero-order valence-electron chi connectivity index (χ0n) is 10.8. The number of hydrogen-bond donors (Lipinski definition) is 1. The molecule has 1 unspecified atom stereocenters. The van der Waals surface area contributed by atoms with Crippen molar-refractivity contribution in [3.05, 3.63) is 41.3 Å². The molecule has 1 fully saturated rings. The summed E-state index contributed by atoms with van der Waals surface area (Å²) in [5.41, 5.74) is 2.46. The molecule has 2 heterocycles. The molecule has 4 heteroatoms. The lowest BCUT2D eigenvalue weighted by atomic mass is 10.1. The Balaban J connectivity index is 1.90. The Morgan fingerprint density at radius 1 is 1.16 bits per heavy atom. The maximum Gasteiger partial charge on any atom is 0.0953 e. The van der Waals surface area contributed by atoms with E-state index < -0.39 is 0 Å². The molecule has 1 atom stereocenters. The topological polar surface area (TPSA) is 29.9 Å². The minimum absolute atomic E-state index is 0.566. The molecule has 1 aromatic heterocycles. The molecule has 0 saturated carbocycles. The number of benzene rings is 1. The molecule has 1 aliphatic rings. The average molecular weight is 320 g/mol. The van der Waals surface area contributed by atoms with Crippen molar-refractivity contribution in [1.82, 2.24) is 14.9 Å². The van der Waals surface area contributed by atoms with Gasteiger partial charge in [0, 0.05) is 10.5 Å². The Morgan fingerprint density at radius 2 is 2.00 bits per heavy atom. The second-order valence-corrected chi connectivity index (χ2v) is 5.94. The van der Waals surface area contributed by atoms with Crippen molar-refractivity contribution < 1.29 is 0 Å². The Bertz CT molecular complexity index is 525. The van der Waals surface area contributed by atoms with Gasteiger partial charge in [-0.2, -0.15) is 0 Å². The first kappa shape index (κ1) is 12.9. The predicted octanol–water partition coefficient (Wildman–Crippen LogP) is 3.63. The van der Waals surface area contributed by atoms with Crippen molar-refractivity contribution in [1.29, 1.82) is 0 Å². The fraction of sp³-hybridized carbons (Fsp3) is 0.400. The van der Waals surface area contributed by atoms with Crippen molar-refractivity contribution in [3.8, 4) is 11.3 Å². The van der Waals surface area contributed by atoms with Gasteiger partial charge in [-0.3, -0.25) is 0 Å². The largest absolute Gasteiger partial charge is 0.327 e. The lowest BCUT2D eigenvalue weighted by Crippen LogP contribution is -2.15. The molecule has 0 aliphatic carbocycles. The highest BCUT2D eigenvalue weighted by molar-refractivity contribution is 9.10. The van der Waals surface area contributed by atoms with E-state index in [-0.39, 0.29) is 0 Å². The zero-order chi connectivity index (χ0) is 13.1. The summed E-state index contributed by atoms with van der Waals surface area (Å²) in [6, 6.07) is 9.03. The molecule has 0 amide bonds. The van der Waals surface area contributed by atoms with Crippen LogP contribution in [0.2, 0.25) is 0 Å². The third-order valence-corrected chi connectivity index (χ3v) is 4.27. The van der Waals surface area contributed by atoms with Gasteiger partial charge in [-0.15, -0.1) is 0 Å². The van der Waals surface area contributed by atoms with Gasteiger partial charge in [0.1, 0.15) is 0 Å². The van der Waals surface area contributed by atoms with Gasteiger partial charge in [-0.25, -0.2) is 4.98 Å². The van der Waals surface area contributed by atoms with Crippen LogP contribution in [0, 0.1) is 0 Å². The summed E-state index contributed by atoms with van der Waals surface area (Å²) in [5, 5.41) is 3.47. The Morgan fingerprint density at radius 3 is 2.84 bits per heavy atom. The second-order valence-electron chi connectivity index (χ2n) is 5.03. The minimum Gasteiger partial charge on any atom is -0.327 e. The van der Waals surface area contributed by atoms with E-state index in [0.717, 1.165) is 17.6 Å². The quantitative estimate of drug-likeness (QED) is 0.916. The van der Waals surface area contributed by atoms with Crippen LogP contribution in [0.1, 0.15) is 25.3 Å². The lowest BCUT2D eigenvalue weighted by Gasteiger charge is -2.18. The molecule has 19 heavy (non-hydrogen) atoms. The minimum atomic E-state index is 0.566. The Kier molecular flexibility index (Phi) is 3.99. The number of aromatic nitrogens is 2. The molecular weight excluding hydrogens is 302 g/mol. The smallest absolute Gasteiger partial charge is 0.0953 e. The monoisotopic (exact) mass is 319 g/mol. The normalized spacial score (nSPS) is 20.2. The maximum absolute atomic E-state index is 4.36. The van der Waals surface area contributed by atoms with Crippen molar-refractivity contribution in [3.63, 3.8) is 0 Å². The maximum atomic E-state index is 4.36. The molecule has 100 valence electrons. The first-order chi connectivity index (χ1) is 9.34. The van der Waals surface area contributed by atoms with E-state index in [4.69, 9.17) is 0 Å². The Hall–Kier alpha value is -1.13. The second kappa shape index (κ2) is 5.88. The van der Waals surface area contributed by atoms with Crippen LogP contribution < -0.4 is 5.32 Å². The van der Waals surface area contributed by atoms with E-state index in [0.29, 0.717) is 6.04 Å². The summed E-state index contributed by atoms with van der Waals surface area (Å²) >= 11 is 3.48. The highest BCUT2D eigenvalue weighted by Crippen LogP contribution is 2.28. The van der Waals surface area contributed by atoms with E-state index >= 15 is 0 Å². The van der Waals surface area contributed by atoms with Crippen LogP contribution in [0.3, 0.4) is 0 Å². The summed E-state index contributed by atoms with van der Waals surface area (Å²) in [5.74, 6) is 0. The van der Waals surface area contributed by atoms with E-state index in [1.54, 1.807) is 0 Å². The molecule has 1 aliphatic heterocycles. The molecule has 3 rings (SSSR count). The van der Waals surface area contributed by atoms with Gasteiger partial charge in [0.2, 0.25) is 0 Å².